The van der Waals surface area contributed by atoms with Gasteiger partial charge in [0.1, 0.15) is 17.6 Å². The summed E-state index contributed by atoms with van der Waals surface area (Å²) in [6, 6.07) is 5.85. The molecule has 3 aromatic rings. The molecule has 0 saturated heterocycles. The zero-order chi connectivity index (χ0) is 12.5. The highest BCUT2D eigenvalue weighted by molar-refractivity contribution is 9.10. The second kappa shape index (κ2) is 4.38. The van der Waals surface area contributed by atoms with Crippen LogP contribution < -0.4 is 4.74 Å². The zero-order valence-corrected chi connectivity index (χ0v) is 11.1. The predicted octanol–water partition coefficient (Wildman–Crippen LogP) is 3.22. The molecule has 0 unspecified atom stereocenters. The number of rotatable bonds is 2. The molecule has 0 radical (unpaired) electrons. The van der Waals surface area contributed by atoms with E-state index in [1.54, 1.807) is 6.33 Å². The molecule has 0 bridgehead atoms. The fourth-order valence-electron chi connectivity index (χ4n) is 1.61. The van der Waals surface area contributed by atoms with E-state index in [0.29, 0.717) is 17.0 Å². The number of nitrogens with one attached hydrogen (secondary N) is 1. The van der Waals surface area contributed by atoms with Gasteiger partial charge in [0, 0.05) is 4.47 Å². The number of aryl methyl sites for hydroxylation is 1. The molecule has 1 aromatic carbocycles. The number of nitrogens with zero attached hydrogens (tertiary/aromatic N) is 3. The molecule has 2 heterocycles. The number of H-pyrrole nitrogens is 1. The summed E-state index contributed by atoms with van der Waals surface area (Å²) in [5.74, 6) is 1.22. The summed E-state index contributed by atoms with van der Waals surface area (Å²) in [5, 5.41) is 0. The fourth-order valence-corrected chi connectivity index (χ4v) is 1.95. The van der Waals surface area contributed by atoms with Gasteiger partial charge >= 0.3 is 0 Å². The van der Waals surface area contributed by atoms with Gasteiger partial charge < -0.3 is 9.72 Å². The van der Waals surface area contributed by atoms with Crippen LogP contribution in [0.3, 0.4) is 0 Å². The first-order valence-corrected chi connectivity index (χ1v) is 6.11. The van der Waals surface area contributed by atoms with Crippen LogP contribution in [0.15, 0.2) is 35.3 Å². The molecular weight excluding hydrogens is 296 g/mol. The van der Waals surface area contributed by atoms with E-state index in [9.17, 15) is 0 Å². The summed E-state index contributed by atoms with van der Waals surface area (Å²) in [4.78, 5) is 15.2. The Morgan fingerprint density at radius 2 is 2.11 bits per heavy atom. The average Bonchev–Trinajstić information content (AvgIpc) is 2.83. The van der Waals surface area contributed by atoms with Crippen LogP contribution in [0.4, 0.5) is 0 Å². The zero-order valence-electron chi connectivity index (χ0n) is 9.51. The maximum absolute atomic E-state index is 5.81. The normalized spacial score (nSPS) is 10.8. The van der Waals surface area contributed by atoms with Crippen molar-refractivity contribution in [2.75, 3.05) is 0 Å². The highest BCUT2D eigenvalue weighted by atomic mass is 79.9. The van der Waals surface area contributed by atoms with E-state index in [4.69, 9.17) is 4.74 Å². The summed E-state index contributed by atoms with van der Waals surface area (Å²) >= 11 is 3.42. The minimum absolute atomic E-state index is 0.471. The lowest BCUT2D eigenvalue weighted by molar-refractivity contribution is 0.463. The molecule has 0 spiro atoms. The van der Waals surface area contributed by atoms with Gasteiger partial charge in [-0.2, -0.15) is 4.98 Å². The molecule has 0 amide bonds. The standard InChI is InChI=1S/C12H9BrN4O/c1-7-2-3-8(13)4-9(7)18-12-10-11(15-5-14-10)16-6-17-12/h2-6H,1H3,(H,14,15,16,17). The maximum atomic E-state index is 5.81. The lowest BCUT2D eigenvalue weighted by atomic mass is 10.2. The molecule has 5 nitrogen and oxygen atoms in total. The number of ether oxygens (including phenoxy) is 1. The van der Waals surface area contributed by atoms with Crippen molar-refractivity contribution < 1.29 is 4.74 Å². The van der Waals surface area contributed by atoms with Crippen molar-refractivity contribution in [2.24, 2.45) is 0 Å². The number of aromatic amines is 1. The smallest absolute Gasteiger partial charge is 0.248 e. The van der Waals surface area contributed by atoms with Crippen molar-refractivity contribution in [3.63, 3.8) is 0 Å². The number of benzene rings is 1. The van der Waals surface area contributed by atoms with Crippen molar-refractivity contribution in [1.82, 2.24) is 19.9 Å². The summed E-state index contributed by atoms with van der Waals surface area (Å²) in [5.41, 5.74) is 2.31. The van der Waals surface area contributed by atoms with Gasteiger partial charge in [0.2, 0.25) is 5.88 Å². The quantitative estimate of drug-likeness (QED) is 0.789. The molecule has 0 fully saturated rings. The molecule has 0 atom stereocenters. The van der Waals surface area contributed by atoms with Crippen LogP contribution in [0.25, 0.3) is 11.2 Å². The molecule has 2 aromatic heterocycles. The van der Waals surface area contributed by atoms with Crippen molar-refractivity contribution in [3.8, 4) is 11.6 Å². The van der Waals surface area contributed by atoms with Gasteiger partial charge in [-0.1, -0.05) is 22.0 Å². The third-order valence-corrected chi connectivity index (χ3v) is 3.04. The van der Waals surface area contributed by atoms with Crippen molar-refractivity contribution in [1.29, 1.82) is 0 Å². The Morgan fingerprint density at radius 1 is 1.22 bits per heavy atom. The highest BCUT2D eigenvalue weighted by Gasteiger charge is 2.09. The van der Waals surface area contributed by atoms with E-state index in [0.717, 1.165) is 15.8 Å². The second-order valence-electron chi connectivity index (χ2n) is 3.79. The third kappa shape index (κ3) is 1.95. The van der Waals surface area contributed by atoms with E-state index in [1.165, 1.54) is 6.33 Å². The van der Waals surface area contributed by atoms with E-state index in [2.05, 4.69) is 35.9 Å². The molecule has 90 valence electrons. The Balaban J connectivity index is 2.06. The van der Waals surface area contributed by atoms with Crippen LogP contribution in [0.2, 0.25) is 0 Å². The Bertz CT molecular complexity index is 710. The third-order valence-electron chi connectivity index (χ3n) is 2.55. The molecule has 0 aliphatic rings. The Labute approximate surface area is 111 Å². The van der Waals surface area contributed by atoms with Crippen LogP contribution in [0, 0.1) is 6.92 Å². The van der Waals surface area contributed by atoms with Crippen molar-refractivity contribution >= 4 is 27.1 Å². The van der Waals surface area contributed by atoms with Gasteiger partial charge in [-0.05, 0) is 24.6 Å². The van der Waals surface area contributed by atoms with Crippen molar-refractivity contribution in [3.05, 3.63) is 40.9 Å². The maximum Gasteiger partial charge on any atom is 0.248 e. The topological polar surface area (TPSA) is 63.7 Å². The molecular formula is C12H9BrN4O. The molecule has 18 heavy (non-hydrogen) atoms. The first-order chi connectivity index (χ1) is 8.74. The number of halogens is 1. The average molecular weight is 305 g/mol. The van der Waals surface area contributed by atoms with Crippen LogP contribution in [-0.4, -0.2) is 19.9 Å². The Morgan fingerprint density at radius 3 is 3.00 bits per heavy atom. The van der Waals surface area contributed by atoms with Crippen LogP contribution in [-0.2, 0) is 0 Å². The van der Waals surface area contributed by atoms with Crippen molar-refractivity contribution in [2.45, 2.75) is 6.92 Å². The number of fused-ring (bicyclic) bond motifs is 1. The SMILES string of the molecule is Cc1ccc(Br)cc1Oc1ncnc2nc[nH]c12. The van der Waals surface area contributed by atoms with Gasteiger partial charge in [-0.15, -0.1) is 0 Å². The molecule has 6 heteroatoms. The summed E-state index contributed by atoms with van der Waals surface area (Å²) < 4.78 is 6.77. The van der Waals surface area contributed by atoms with Crippen LogP contribution in [0.1, 0.15) is 5.56 Å². The minimum Gasteiger partial charge on any atom is -0.437 e. The minimum atomic E-state index is 0.471. The van der Waals surface area contributed by atoms with Gasteiger partial charge in [0.05, 0.1) is 6.33 Å². The van der Waals surface area contributed by atoms with Crippen LogP contribution in [0.5, 0.6) is 11.6 Å². The molecule has 0 saturated carbocycles. The van der Waals surface area contributed by atoms with E-state index in [-0.39, 0.29) is 0 Å². The number of hydrogen-bond donors (Lipinski definition) is 1. The number of imidazole rings is 1. The first kappa shape index (κ1) is 11.2. The van der Waals surface area contributed by atoms with E-state index < -0.39 is 0 Å². The number of aromatic nitrogens is 4. The Kier molecular flexibility index (Phi) is 2.71. The molecule has 1 N–H and O–H groups in total. The molecule has 0 aliphatic heterocycles. The summed E-state index contributed by atoms with van der Waals surface area (Å²) in [6.07, 6.45) is 3.01. The Hall–Kier alpha value is -1.95. The van der Waals surface area contributed by atoms with E-state index in [1.807, 2.05) is 25.1 Å². The number of hydrogen-bond acceptors (Lipinski definition) is 4. The largest absolute Gasteiger partial charge is 0.437 e. The fraction of sp³-hybridized carbons (Fsp3) is 0.0833. The lowest BCUT2D eigenvalue weighted by Gasteiger charge is -2.08. The van der Waals surface area contributed by atoms with Gasteiger partial charge in [0.15, 0.2) is 5.65 Å². The summed E-state index contributed by atoms with van der Waals surface area (Å²) in [6.45, 7) is 1.98. The summed E-state index contributed by atoms with van der Waals surface area (Å²) in [7, 11) is 0. The van der Waals surface area contributed by atoms with Gasteiger partial charge in [0.25, 0.3) is 0 Å². The monoisotopic (exact) mass is 304 g/mol. The van der Waals surface area contributed by atoms with E-state index >= 15 is 0 Å². The second-order valence-corrected chi connectivity index (χ2v) is 4.71. The van der Waals surface area contributed by atoms with Gasteiger partial charge in [-0.25, -0.2) is 9.97 Å². The highest BCUT2D eigenvalue weighted by Crippen LogP contribution is 2.29. The predicted molar refractivity (Wildman–Crippen MR) is 70.6 cm³/mol. The molecule has 0 aliphatic carbocycles. The van der Waals surface area contributed by atoms with Gasteiger partial charge in [-0.3, -0.25) is 0 Å². The molecule has 3 rings (SSSR count). The van der Waals surface area contributed by atoms with Crippen LogP contribution >= 0.6 is 15.9 Å². The lowest BCUT2D eigenvalue weighted by Crippen LogP contribution is -1.92. The first-order valence-electron chi connectivity index (χ1n) is 5.32.